The van der Waals surface area contributed by atoms with Gasteiger partial charge in [-0.2, -0.15) is 0 Å². The van der Waals surface area contributed by atoms with E-state index in [4.69, 9.17) is 9.47 Å². The fraction of sp³-hybridized carbons (Fsp3) is 0.273. The predicted molar refractivity (Wildman–Crippen MR) is 104 cm³/mol. The maximum atomic E-state index is 12.3. The molecule has 0 aliphatic carbocycles. The Morgan fingerprint density at radius 1 is 1.11 bits per heavy atom. The van der Waals surface area contributed by atoms with E-state index in [9.17, 15) is 9.59 Å². The summed E-state index contributed by atoms with van der Waals surface area (Å²) < 4.78 is 10.8. The highest BCUT2D eigenvalue weighted by Crippen LogP contribution is 2.14. The largest absolute Gasteiger partial charge is 0.484 e. The van der Waals surface area contributed by atoms with Gasteiger partial charge in [0, 0.05) is 18.7 Å². The Bertz CT molecular complexity index is 820. The third kappa shape index (κ3) is 5.53. The normalized spacial score (nSPS) is 14.3. The minimum atomic E-state index is -0.0764. The van der Waals surface area contributed by atoms with Crippen LogP contribution in [0.15, 0.2) is 54.6 Å². The van der Waals surface area contributed by atoms with Gasteiger partial charge in [-0.05, 0) is 42.8 Å². The van der Waals surface area contributed by atoms with E-state index in [0.717, 1.165) is 11.1 Å². The van der Waals surface area contributed by atoms with E-state index in [1.54, 1.807) is 41.3 Å². The molecule has 1 aliphatic heterocycles. The van der Waals surface area contributed by atoms with Gasteiger partial charge in [-0.15, -0.1) is 0 Å². The van der Waals surface area contributed by atoms with Crippen LogP contribution in [-0.4, -0.2) is 49.5 Å². The second-order valence-electron chi connectivity index (χ2n) is 6.42. The highest BCUT2D eigenvalue weighted by molar-refractivity contribution is 6.06. The number of aryl methyl sites for hydroxylation is 1. The summed E-state index contributed by atoms with van der Waals surface area (Å²) in [5, 5.41) is 0. The summed E-state index contributed by atoms with van der Waals surface area (Å²) in [4.78, 5) is 26.1. The Morgan fingerprint density at radius 2 is 1.85 bits per heavy atom. The van der Waals surface area contributed by atoms with E-state index in [1.165, 1.54) is 0 Å². The molecule has 5 heteroatoms. The summed E-state index contributed by atoms with van der Waals surface area (Å²) in [6.07, 6.45) is 3.37. The van der Waals surface area contributed by atoms with Crippen molar-refractivity contribution in [1.29, 1.82) is 0 Å². The molecule has 1 heterocycles. The van der Waals surface area contributed by atoms with Crippen molar-refractivity contribution in [3.63, 3.8) is 0 Å². The number of ether oxygens (including phenoxy) is 2. The van der Waals surface area contributed by atoms with Crippen LogP contribution >= 0.6 is 0 Å². The minimum Gasteiger partial charge on any atom is -0.484 e. The van der Waals surface area contributed by atoms with Crippen molar-refractivity contribution in [1.82, 2.24) is 4.90 Å². The van der Waals surface area contributed by atoms with Crippen LogP contribution in [0.5, 0.6) is 5.75 Å². The summed E-state index contributed by atoms with van der Waals surface area (Å²) in [5.74, 6) is 0.433. The van der Waals surface area contributed by atoms with Gasteiger partial charge < -0.3 is 14.4 Å². The molecule has 0 bridgehead atoms. The van der Waals surface area contributed by atoms with Gasteiger partial charge in [-0.1, -0.05) is 35.9 Å². The van der Waals surface area contributed by atoms with Crippen LogP contribution in [0.1, 0.15) is 21.5 Å². The molecule has 0 saturated carbocycles. The number of carbonyl (C=O) groups is 2. The second-order valence-corrected chi connectivity index (χ2v) is 6.42. The van der Waals surface area contributed by atoms with Gasteiger partial charge in [-0.25, -0.2) is 0 Å². The molecule has 1 amide bonds. The summed E-state index contributed by atoms with van der Waals surface area (Å²) in [7, 11) is 0. The molecule has 0 aromatic heterocycles. The number of hydrogen-bond acceptors (Lipinski definition) is 4. The molecular formula is C22H23NO4. The number of benzene rings is 2. The van der Waals surface area contributed by atoms with E-state index >= 15 is 0 Å². The number of allylic oxidation sites excluding steroid dienone is 1. The quantitative estimate of drug-likeness (QED) is 0.583. The van der Waals surface area contributed by atoms with Crippen LogP contribution < -0.4 is 4.74 Å². The monoisotopic (exact) mass is 365 g/mol. The first-order valence-electron chi connectivity index (χ1n) is 8.99. The lowest BCUT2D eigenvalue weighted by atomic mass is 10.1. The molecule has 1 saturated heterocycles. The van der Waals surface area contributed by atoms with Crippen molar-refractivity contribution in [2.75, 3.05) is 32.9 Å². The topological polar surface area (TPSA) is 55.8 Å². The number of ketones is 1. The van der Waals surface area contributed by atoms with E-state index in [2.05, 4.69) is 0 Å². The average Bonchev–Trinajstić information content (AvgIpc) is 2.71. The fourth-order valence-electron chi connectivity index (χ4n) is 2.81. The summed E-state index contributed by atoms with van der Waals surface area (Å²) >= 11 is 0. The Labute approximate surface area is 159 Å². The number of hydrogen-bond donors (Lipinski definition) is 0. The van der Waals surface area contributed by atoms with E-state index in [-0.39, 0.29) is 18.3 Å². The Hall–Kier alpha value is -2.92. The van der Waals surface area contributed by atoms with Crippen LogP contribution in [0.4, 0.5) is 0 Å². The molecule has 2 aromatic carbocycles. The highest BCUT2D eigenvalue weighted by Gasteiger charge is 2.17. The number of amides is 1. The van der Waals surface area contributed by atoms with Crippen molar-refractivity contribution in [2.45, 2.75) is 6.92 Å². The highest BCUT2D eigenvalue weighted by atomic mass is 16.5. The number of rotatable bonds is 6. The Kier molecular flexibility index (Phi) is 6.39. The molecule has 0 unspecified atom stereocenters. The Morgan fingerprint density at radius 3 is 2.56 bits per heavy atom. The van der Waals surface area contributed by atoms with Gasteiger partial charge in [0.05, 0.1) is 13.2 Å². The maximum absolute atomic E-state index is 12.3. The molecular weight excluding hydrogens is 342 g/mol. The molecule has 0 radical (unpaired) electrons. The molecule has 140 valence electrons. The lowest BCUT2D eigenvalue weighted by Crippen LogP contribution is -2.42. The van der Waals surface area contributed by atoms with Crippen LogP contribution in [0.25, 0.3) is 6.08 Å². The maximum Gasteiger partial charge on any atom is 0.260 e. The number of nitrogens with zero attached hydrogens (tertiary/aromatic N) is 1. The molecule has 0 atom stereocenters. The van der Waals surface area contributed by atoms with Crippen LogP contribution in [0, 0.1) is 6.92 Å². The zero-order valence-electron chi connectivity index (χ0n) is 15.4. The lowest BCUT2D eigenvalue weighted by molar-refractivity contribution is -0.137. The second kappa shape index (κ2) is 9.14. The van der Waals surface area contributed by atoms with Crippen molar-refractivity contribution >= 4 is 17.8 Å². The van der Waals surface area contributed by atoms with Crippen LogP contribution in [0.2, 0.25) is 0 Å². The minimum absolute atomic E-state index is 0.0133. The van der Waals surface area contributed by atoms with Crippen molar-refractivity contribution < 1.29 is 19.1 Å². The predicted octanol–water partition coefficient (Wildman–Crippen LogP) is 3.13. The molecule has 2 aromatic rings. The zero-order valence-corrected chi connectivity index (χ0v) is 15.4. The number of carbonyl (C=O) groups excluding carboxylic acids is 2. The molecule has 0 N–H and O–H groups in total. The van der Waals surface area contributed by atoms with Crippen molar-refractivity contribution in [3.8, 4) is 5.75 Å². The van der Waals surface area contributed by atoms with Crippen molar-refractivity contribution in [3.05, 3.63) is 71.3 Å². The van der Waals surface area contributed by atoms with Gasteiger partial charge in [-0.3, -0.25) is 9.59 Å². The van der Waals surface area contributed by atoms with Gasteiger partial charge in [0.25, 0.3) is 5.91 Å². The van der Waals surface area contributed by atoms with E-state index in [1.807, 2.05) is 31.2 Å². The van der Waals surface area contributed by atoms with Gasteiger partial charge in [0.2, 0.25) is 0 Å². The third-order valence-corrected chi connectivity index (χ3v) is 4.33. The average molecular weight is 365 g/mol. The smallest absolute Gasteiger partial charge is 0.260 e. The van der Waals surface area contributed by atoms with Gasteiger partial charge >= 0.3 is 0 Å². The zero-order chi connectivity index (χ0) is 19.1. The van der Waals surface area contributed by atoms with Crippen LogP contribution in [-0.2, 0) is 9.53 Å². The standard InChI is InChI=1S/C22H23NO4/c1-17-3-2-4-18(15-17)5-10-21(24)19-6-8-20(9-7-19)27-16-22(25)23-11-13-26-14-12-23/h2-10,15H,11-14,16H2,1H3/b10-5+. The summed E-state index contributed by atoms with van der Waals surface area (Å²) in [6, 6.07) is 14.8. The molecule has 5 nitrogen and oxygen atoms in total. The molecule has 3 rings (SSSR count). The molecule has 27 heavy (non-hydrogen) atoms. The molecule has 1 aliphatic rings. The third-order valence-electron chi connectivity index (χ3n) is 4.33. The molecule has 0 spiro atoms. The first-order valence-corrected chi connectivity index (χ1v) is 8.99. The Balaban J connectivity index is 1.53. The first kappa shape index (κ1) is 18.9. The van der Waals surface area contributed by atoms with Crippen LogP contribution in [0.3, 0.4) is 0 Å². The fourth-order valence-corrected chi connectivity index (χ4v) is 2.81. The number of morpholine rings is 1. The van der Waals surface area contributed by atoms with E-state index < -0.39 is 0 Å². The summed E-state index contributed by atoms with van der Waals surface area (Å²) in [6.45, 7) is 4.34. The van der Waals surface area contributed by atoms with E-state index in [0.29, 0.717) is 37.6 Å². The van der Waals surface area contributed by atoms with Gasteiger partial charge in [0.1, 0.15) is 5.75 Å². The lowest BCUT2D eigenvalue weighted by Gasteiger charge is -2.26. The molecule has 1 fully saturated rings. The first-order chi connectivity index (χ1) is 13.1. The van der Waals surface area contributed by atoms with Gasteiger partial charge in [0.15, 0.2) is 12.4 Å². The van der Waals surface area contributed by atoms with Crippen molar-refractivity contribution in [2.24, 2.45) is 0 Å². The SMILES string of the molecule is Cc1cccc(/C=C/C(=O)c2ccc(OCC(=O)N3CCOCC3)cc2)c1. The summed E-state index contributed by atoms with van der Waals surface area (Å²) in [5.41, 5.74) is 2.72.